The molecule has 3 fully saturated rings. The van der Waals surface area contributed by atoms with Crippen LogP contribution >= 0.6 is 0 Å². The Kier molecular flexibility index (Phi) is 2.61. The van der Waals surface area contributed by atoms with Crippen LogP contribution in [0.25, 0.3) is 0 Å². The minimum Gasteiger partial charge on any atom is -0.302 e. The van der Waals surface area contributed by atoms with Crippen molar-refractivity contribution in [2.45, 2.75) is 51.2 Å². The molecule has 0 aromatic carbocycles. The fourth-order valence-corrected chi connectivity index (χ4v) is 2.87. The standard InChI is InChI=1S/C11H22N2/c1-9(2)13-8-11-5-4-10(13)6-7-12(11)3/h9-11H,4-8H2,1-3H3. The van der Waals surface area contributed by atoms with Crippen LogP contribution < -0.4 is 0 Å². The van der Waals surface area contributed by atoms with Crippen molar-refractivity contribution >= 4 is 0 Å². The number of likely N-dealkylation sites (N-methyl/N-ethyl adjacent to an activating group) is 1. The Morgan fingerprint density at radius 2 is 1.77 bits per heavy atom. The highest BCUT2D eigenvalue weighted by Gasteiger charge is 2.34. The molecule has 0 N–H and O–H groups in total. The third-order valence-corrected chi connectivity index (χ3v) is 3.83. The van der Waals surface area contributed by atoms with E-state index in [1.165, 1.54) is 32.4 Å². The highest BCUT2D eigenvalue weighted by atomic mass is 15.3. The van der Waals surface area contributed by atoms with Crippen molar-refractivity contribution in [3.05, 3.63) is 0 Å². The Balaban J connectivity index is 2.10. The normalized spacial score (nSPS) is 36.9. The zero-order valence-corrected chi connectivity index (χ0v) is 9.16. The molecule has 2 unspecified atom stereocenters. The maximum atomic E-state index is 2.71. The van der Waals surface area contributed by atoms with Crippen molar-refractivity contribution in [3.8, 4) is 0 Å². The minimum atomic E-state index is 0.735. The summed E-state index contributed by atoms with van der Waals surface area (Å²) in [6.45, 7) is 7.28. The van der Waals surface area contributed by atoms with Gasteiger partial charge in [0.2, 0.25) is 0 Å². The van der Waals surface area contributed by atoms with Crippen LogP contribution in [-0.4, -0.2) is 48.1 Å². The molecule has 0 amide bonds. The zero-order valence-electron chi connectivity index (χ0n) is 9.16. The molecule has 3 saturated heterocycles. The molecule has 0 spiro atoms. The smallest absolute Gasteiger partial charge is 0.0220 e. The van der Waals surface area contributed by atoms with Crippen molar-refractivity contribution < 1.29 is 0 Å². The molecule has 2 atom stereocenters. The molecule has 2 heteroatoms. The van der Waals surface area contributed by atoms with Crippen molar-refractivity contribution in [1.82, 2.24) is 9.80 Å². The summed E-state index contributed by atoms with van der Waals surface area (Å²) >= 11 is 0. The van der Waals surface area contributed by atoms with Crippen LogP contribution in [0.1, 0.15) is 33.1 Å². The zero-order chi connectivity index (χ0) is 9.42. The summed E-state index contributed by atoms with van der Waals surface area (Å²) in [5.41, 5.74) is 0. The molecule has 0 aromatic rings. The Hall–Kier alpha value is -0.0800. The van der Waals surface area contributed by atoms with Gasteiger partial charge in [-0.05, 0) is 46.7 Å². The maximum Gasteiger partial charge on any atom is 0.0220 e. The van der Waals surface area contributed by atoms with Gasteiger partial charge in [0.15, 0.2) is 0 Å². The molecule has 2 nitrogen and oxygen atoms in total. The molecule has 0 saturated carbocycles. The van der Waals surface area contributed by atoms with Gasteiger partial charge in [0.25, 0.3) is 0 Å². The highest BCUT2D eigenvalue weighted by molar-refractivity contribution is 4.91. The van der Waals surface area contributed by atoms with Crippen molar-refractivity contribution in [2.24, 2.45) is 0 Å². The summed E-state index contributed by atoms with van der Waals surface area (Å²) in [5.74, 6) is 0. The summed E-state index contributed by atoms with van der Waals surface area (Å²) in [4.78, 5) is 5.26. The first-order valence-corrected chi connectivity index (χ1v) is 5.64. The highest BCUT2D eigenvalue weighted by Crippen LogP contribution is 2.28. The molecular formula is C11H22N2. The lowest BCUT2D eigenvalue weighted by Crippen LogP contribution is -2.49. The first-order valence-electron chi connectivity index (χ1n) is 5.64. The largest absolute Gasteiger partial charge is 0.302 e. The minimum absolute atomic E-state index is 0.735. The molecule has 3 aliphatic heterocycles. The van der Waals surface area contributed by atoms with E-state index in [0.29, 0.717) is 0 Å². The van der Waals surface area contributed by atoms with Crippen molar-refractivity contribution in [2.75, 3.05) is 20.1 Å². The van der Waals surface area contributed by atoms with Crippen LogP contribution in [0, 0.1) is 0 Å². The van der Waals surface area contributed by atoms with Crippen LogP contribution in [0.2, 0.25) is 0 Å². The Morgan fingerprint density at radius 3 is 2.46 bits per heavy atom. The van der Waals surface area contributed by atoms with Crippen molar-refractivity contribution in [1.29, 1.82) is 0 Å². The Bertz CT molecular complexity index is 179. The lowest BCUT2D eigenvalue weighted by molar-refractivity contribution is 0.0883. The monoisotopic (exact) mass is 182 g/mol. The molecule has 2 bridgehead atoms. The van der Waals surface area contributed by atoms with E-state index in [1.54, 1.807) is 0 Å². The quantitative estimate of drug-likeness (QED) is 0.607. The number of fused-ring (bicyclic) bond motifs is 4. The fourth-order valence-electron chi connectivity index (χ4n) is 2.87. The van der Waals surface area contributed by atoms with E-state index in [0.717, 1.165) is 18.1 Å². The van der Waals surface area contributed by atoms with Gasteiger partial charge in [0.05, 0.1) is 0 Å². The van der Waals surface area contributed by atoms with E-state index >= 15 is 0 Å². The Labute approximate surface area is 81.9 Å². The van der Waals surface area contributed by atoms with Gasteiger partial charge >= 0.3 is 0 Å². The third kappa shape index (κ3) is 1.75. The molecule has 3 aliphatic rings. The van der Waals surface area contributed by atoms with E-state index in [-0.39, 0.29) is 0 Å². The van der Waals surface area contributed by atoms with E-state index < -0.39 is 0 Å². The lowest BCUT2D eigenvalue weighted by atomic mass is 9.97. The Morgan fingerprint density at radius 1 is 1.08 bits per heavy atom. The SMILES string of the molecule is CC(C)N1CC2CCC1CCN2C. The van der Waals surface area contributed by atoms with Gasteiger partial charge in [-0.1, -0.05) is 0 Å². The molecule has 13 heavy (non-hydrogen) atoms. The number of hydrogen-bond acceptors (Lipinski definition) is 2. The maximum absolute atomic E-state index is 2.71. The first kappa shape index (κ1) is 9.47. The molecule has 0 radical (unpaired) electrons. The van der Waals surface area contributed by atoms with E-state index in [9.17, 15) is 0 Å². The van der Waals surface area contributed by atoms with Crippen molar-refractivity contribution in [3.63, 3.8) is 0 Å². The summed E-state index contributed by atoms with van der Waals surface area (Å²) in [5, 5.41) is 0. The topological polar surface area (TPSA) is 6.48 Å². The van der Waals surface area contributed by atoms with Gasteiger partial charge in [-0.25, -0.2) is 0 Å². The van der Waals surface area contributed by atoms with E-state index in [1.807, 2.05) is 0 Å². The fraction of sp³-hybridized carbons (Fsp3) is 1.00. The molecular weight excluding hydrogens is 160 g/mol. The van der Waals surface area contributed by atoms with Crippen LogP contribution in [0.3, 0.4) is 0 Å². The van der Waals surface area contributed by atoms with Gasteiger partial charge in [-0.15, -0.1) is 0 Å². The van der Waals surface area contributed by atoms with Crippen LogP contribution in [-0.2, 0) is 0 Å². The number of piperidine rings is 1. The average Bonchev–Trinajstić information content (AvgIpc) is 2.37. The third-order valence-electron chi connectivity index (χ3n) is 3.83. The van der Waals surface area contributed by atoms with Crippen LogP contribution in [0.4, 0.5) is 0 Å². The predicted molar refractivity (Wildman–Crippen MR) is 55.9 cm³/mol. The average molecular weight is 182 g/mol. The van der Waals surface area contributed by atoms with Gasteiger partial charge in [0.1, 0.15) is 0 Å². The second kappa shape index (κ2) is 3.58. The van der Waals surface area contributed by atoms with Gasteiger partial charge in [0, 0.05) is 24.7 Å². The number of hydrogen-bond donors (Lipinski definition) is 0. The van der Waals surface area contributed by atoms with Gasteiger partial charge in [-0.2, -0.15) is 0 Å². The van der Waals surface area contributed by atoms with Crippen LogP contribution in [0.5, 0.6) is 0 Å². The van der Waals surface area contributed by atoms with Gasteiger partial charge < -0.3 is 4.90 Å². The first-order chi connectivity index (χ1) is 6.18. The molecule has 76 valence electrons. The summed E-state index contributed by atoms with van der Waals surface area (Å²) in [7, 11) is 2.29. The molecule has 0 aromatic heterocycles. The molecule has 3 rings (SSSR count). The summed E-state index contributed by atoms with van der Waals surface area (Å²) < 4.78 is 0. The lowest BCUT2D eigenvalue weighted by Gasteiger charge is -2.40. The second-order valence-corrected chi connectivity index (χ2v) is 4.94. The predicted octanol–water partition coefficient (Wildman–Crippen LogP) is 1.56. The van der Waals surface area contributed by atoms with E-state index in [2.05, 4.69) is 30.7 Å². The van der Waals surface area contributed by atoms with E-state index in [4.69, 9.17) is 0 Å². The number of nitrogens with zero attached hydrogens (tertiary/aromatic N) is 2. The summed E-state index contributed by atoms with van der Waals surface area (Å²) in [6, 6.07) is 2.45. The van der Waals surface area contributed by atoms with Crippen LogP contribution in [0.15, 0.2) is 0 Å². The summed E-state index contributed by atoms with van der Waals surface area (Å²) in [6.07, 6.45) is 4.22. The molecule has 3 heterocycles. The number of rotatable bonds is 1. The molecule has 0 aliphatic carbocycles. The second-order valence-electron chi connectivity index (χ2n) is 4.94. The van der Waals surface area contributed by atoms with Gasteiger partial charge in [-0.3, -0.25) is 4.90 Å².